The van der Waals surface area contributed by atoms with Crippen molar-refractivity contribution < 1.29 is 9.13 Å². The highest BCUT2D eigenvalue weighted by Gasteiger charge is 2.28. The van der Waals surface area contributed by atoms with Crippen molar-refractivity contribution in [1.82, 2.24) is 0 Å². The molecule has 0 unspecified atom stereocenters. The molecule has 1 aliphatic rings. The zero-order valence-corrected chi connectivity index (χ0v) is 7.24. The number of benzene rings is 1. The first-order valence-electron chi connectivity index (χ1n) is 4.42. The van der Waals surface area contributed by atoms with Crippen LogP contribution >= 0.6 is 0 Å². The molecule has 0 heterocycles. The summed E-state index contributed by atoms with van der Waals surface area (Å²) in [4.78, 5) is 0. The van der Waals surface area contributed by atoms with Gasteiger partial charge >= 0.3 is 0 Å². The number of ether oxygens (including phenoxy) is 1. The van der Waals surface area contributed by atoms with Crippen LogP contribution in [-0.2, 0) is 0 Å². The summed E-state index contributed by atoms with van der Waals surface area (Å²) in [6.45, 7) is 0. The Labute approximate surface area is 76.5 Å². The van der Waals surface area contributed by atoms with Crippen molar-refractivity contribution in [2.24, 2.45) is 5.73 Å². The van der Waals surface area contributed by atoms with E-state index in [9.17, 15) is 4.39 Å². The van der Waals surface area contributed by atoms with Crippen LogP contribution in [0.15, 0.2) is 24.3 Å². The van der Waals surface area contributed by atoms with Crippen molar-refractivity contribution in [2.75, 3.05) is 0 Å². The summed E-state index contributed by atoms with van der Waals surface area (Å²) in [5, 5.41) is 0. The van der Waals surface area contributed by atoms with E-state index in [1.807, 2.05) is 0 Å². The highest BCUT2D eigenvalue weighted by Crippen LogP contribution is 2.25. The summed E-state index contributed by atoms with van der Waals surface area (Å²) >= 11 is 0. The second-order valence-electron chi connectivity index (χ2n) is 3.40. The molecule has 1 aliphatic carbocycles. The standard InChI is InChI=1S/C10H12FNO/c11-9-3-1-2-4-10(9)13-8-5-7(12)6-8/h1-4,7-8H,5-6,12H2. The maximum Gasteiger partial charge on any atom is 0.165 e. The topological polar surface area (TPSA) is 35.2 Å². The van der Waals surface area contributed by atoms with Gasteiger partial charge in [0.1, 0.15) is 6.10 Å². The summed E-state index contributed by atoms with van der Waals surface area (Å²) in [5.41, 5.74) is 5.59. The van der Waals surface area contributed by atoms with E-state index in [2.05, 4.69) is 0 Å². The van der Waals surface area contributed by atoms with E-state index in [0.29, 0.717) is 5.75 Å². The number of para-hydroxylation sites is 1. The van der Waals surface area contributed by atoms with Gasteiger partial charge in [-0.25, -0.2) is 4.39 Å². The number of hydrogen-bond donors (Lipinski definition) is 1. The molecule has 0 spiro atoms. The van der Waals surface area contributed by atoms with Crippen LogP contribution in [0.2, 0.25) is 0 Å². The van der Waals surface area contributed by atoms with Crippen molar-refractivity contribution in [1.29, 1.82) is 0 Å². The van der Waals surface area contributed by atoms with Crippen LogP contribution in [0.1, 0.15) is 12.8 Å². The third-order valence-electron chi connectivity index (χ3n) is 2.26. The first kappa shape index (κ1) is 8.51. The summed E-state index contributed by atoms with van der Waals surface area (Å²) < 4.78 is 18.4. The third kappa shape index (κ3) is 1.80. The summed E-state index contributed by atoms with van der Waals surface area (Å²) in [7, 11) is 0. The SMILES string of the molecule is NC1CC(Oc2ccccc2F)C1. The van der Waals surface area contributed by atoms with Crippen LogP contribution in [0, 0.1) is 5.82 Å². The fraction of sp³-hybridized carbons (Fsp3) is 0.400. The lowest BCUT2D eigenvalue weighted by Crippen LogP contribution is -2.43. The summed E-state index contributed by atoms with van der Waals surface area (Å²) in [6.07, 6.45) is 1.76. The van der Waals surface area contributed by atoms with Crippen LogP contribution in [0.3, 0.4) is 0 Å². The van der Waals surface area contributed by atoms with Gasteiger partial charge in [0.15, 0.2) is 11.6 Å². The molecule has 70 valence electrons. The molecular formula is C10H12FNO. The molecule has 2 N–H and O–H groups in total. The van der Waals surface area contributed by atoms with Crippen molar-refractivity contribution in [3.63, 3.8) is 0 Å². The van der Waals surface area contributed by atoms with E-state index >= 15 is 0 Å². The molecule has 1 fully saturated rings. The van der Waals surface area contributed by atoms with Gasteiger partial charge in [0.05, 0.1) is 0 Å². The second kappa shape index (κ2) is 3.34. The van der Waals surface area contributed by atoms with E-state index in [1.54, 1.807) is 18.2 Å². The molecule has 0 saturated heterocycles. The molecule has 3 heteroatoms. The van der Waals surface area contributed by atoms with E-state index in [0.717, 1.165) is 12.8 Å². The summed E-state index contributed by atoms with van der Waals surface area (Å²) in [5.74, 6) is 0.0300. The Hall–Kier alpha value is -1.09. The monoisotopic (exact) mass is 181 g/mol. The second-order valence-corrected chi connectivity index (χ2v) is 3.40. The van der Waals surface area contributed by atoms with Crippen LogP contribution in [-0.4, -0.2) is 12.1 Å². The first-order chi connectivity index (χ1) is 6.25. The van der Waals surface area contributed by atoms with Crippen LogP contribution < -0.4 is 10.5 Å². The molecule has 0 bridgehead atoms. The van der Waals surface area contributed by atoms with Gasteiger partial charge in [0.2, 0.25) is 0 Å². The normalized spacial score (nSPS) is 26.6. The van der Waals surface area contributed by atoms with Crippen LogP contribution in [0.4, 0.5) is 4.39 Å². The molecule has 1 aromatic rings. The molecule has 1 aromatic carbocycles. The van der Waals surface area contributed by atoms with Gasteiger partial charge in [-0.15, -0.1) is 0 Å². The van der Waals surface area contributed by atoms with Gasteiger partial charge in [0, 0.05) is 6.04 Å². The van der Waals surface area contributed by atoms with E-state index in [-0.39, 0.29) is 18.0 Å². The van der Waals surface area contributed by atoms with Crippen molar-refractivity contribution in [3.8, 4) is 5.75 Å². The van der Waals surface area contributed by atoms with Gasteiger partial charge in [-0.1, -0.05) is 12.1 Å². The molecule has 0 aliphatic heterocycles. The minimum atomic E-state index is -0.303. The highest BCUT2D eigenvalue weighted by atomic mass is 19.1. The predicted molar refractivity (Wildman–Crippen MR) is 48.0 cm³/mol. The molecular weight excluding hydrogens is 169 g/mol. The van der Waals surface area contributed by atoms with E-state index < -0.39 is 0 Å². The quantitative estimate of drug-likeness (QED) is 0.753. The van der Waals surface area contributed by atoms with E-state index in [4.69, 9.17) is 10.5 Å². The molecule has 1 saturated carbocycles. The lowest BCUT2D eigenvalue weighted by molar-refractivity contribution is 0.0962. The van der Waals surface area contributed by atoms with Crippen LogP contribution in [0.25, 0.3) is 0 Å². The zero-order valence-electron chi connectivity index (χ0n) is 7.24. The Morgan fingerprint density at radius 1 is 1.31 bits per heavy atom. The lowest BCUT2D eigenvalue weighted by atomic mass is 9.90. The van der Waals surface area contributed by atoms with Gasteiger partial charge in [-0.3, -0.25) is 0 Å². The highest BCUT2D eigenvalue weighted by molar-refractivity contribution is 5.24. The lowest BCUT2D eigenvalue weighted by Gasteiger charge is -2.32. The smallest absolute Gasteiger partial charge is 0.165 e. The fourth-order valence-corrected chi connectivity index (χ4v) is 1.42. The molecule has 13 heavy (non-hydrogen) atoms. The minimum Gasteiger partial charge on any atom is -0.487 e. The maximum absolute atomic E-state index is 13.1. The first-order valence-corrected chi connectivity index (χ1v) is 4.42. The average Bonchev–Trinajstić information content (AvgIpc) is 2.06. The van der Waals surface area contributed by atoms with Gasteiger partial charge in [-0.05, 0) is 25.0 Å². The Kier molecular flexibility index (Phi) is 2.19. The molecule has 0 amide bonds. The van der Waals surface area contributed by atoms with Crippen molar-refractivity contribution >= 4 is 0 Å². The Balaban J connectivity index is 1.98. The zero-order chi connectivity index (χ0) is 9.26. The van der Waals surface area contributed by atoms with Gasteiger partial charge in [0.25, 0.3) is 0 Å². The number of halogens is 1. The molecule has 0 atom stereocenters. The predicted octanol–water partition coefficient (Wildman–Crippen LogP) is 1.69. The largest absolute Gasteiger partial charge is 0.487 e. The van der Waals surface area contributed by atoms with Crippen molar-refractivity contribution in [2.45, 2.75) is 25.0 Å². The Morgan fingerprint density at radius 2 is 2.00 bits per heavy atom. The fourth-order valence-electron chi connectivity index (χ4n) is 1.42. The minimum absolute atomic E-state index is 0.104. The maximum atomic E-state index is 13.1. The summed E-state index contributed by atoms with van der Waals surface area (Å²) in [6, 6.07) is 6.68. The number of nitrogens with two attached hydrogens (primary N) is 1. The number of hydrogen-bond acceptors (Lipinski definition) is 2. The molecule has 0 aromatic heterocycles. The van der Waals surface area contributed by atoms with Crippen molar-refractivity contribution in [3.05, 3.63) is 30.1 Å². The third-order valence-corrected chi connectivity index (χ3v) is 2.26. The molecule has 2 nitrogen and oxygen atoms in total. The molecule has 0 radical (unpaired) electrons. The number of rotatable bonds is 2. The average molecular weight is 181 g/mol. The Bertz CT molecular complexity index is 297. The van der Waals surface area contributed by atoms with E-state index in [1.165, 1.54) is 6.07 Å². The van der Waals surface area contributed by atoms with Gasteiger partial charge in [-0.2, -0.15) is 0 Å². The van der Waals surface area contributed by atoms with Crippen LogP contribution in [0.5, 0.6) is 5.75 Å². The molecule has 2 rings (SSSR count). The van der Waals surface area contributed by atoms with Gasteiger partial charge < -0.3 is 10.5 Å². The Morgan fingerprint density at radius 3 is 2.62 bits per heavy atom.